The summed E-state index contributed by atoms with van der Waals surface area (Å²) in [5.74, 6) is -0.205. The molecule has 0 saturated heterocycles. The molecular formula is C22H15NO4. The van der Waals surface area contributed by atoms with E-state index in [-0.39, 0.29) is 17.0 Å². The zero-order valence-electron chi connectivity index (χ0n) is 14.2. The molecule has 2 N–H and O–H groups in total. The van der Waals surface area contributed by atoms with E-state index in [1.165, 1.54) is 0 Å². The number of nitrogens with zero attached hydrogens (tertiary/aromatic N) is 1. The molecule has 27 heavy (non-hydrogen) atoms. The van der Waals surface area contributed by atoms with Gasteiger partial charge in [0.05, 0.1) is 5.52 Å². The topological polar surface area (TPSA) is 79.7 Å². The Balaban J connectivity index is 1.76. The number of fused-ring (bicyclic) bond motifs is 1. The molecule has 0 aliphatic rings. The molecule has 4 rings (SSSR count). The largest absolute Gasteiger partial charge is 0.505 e. The van der Waals surface area contributed by atoms with Gasteiger partial charge < -0.3 is 14.9 Å². The molecule has 5 nitrogen and oxygen atoms in total. The normalized spacial score (nSPS) is 10.7. The van der Waals surface area contributed by atoms with Gasteiger partial charge in [0.2, 0.25) is 0 Å². The number of aromatic carboxylic acids is 1. The van der Waals surface area contributed by atoms with Gasteiger partial charge in [0.1, 0.15) is 22.8 Å². The molecular weight excluding hydrogens is 342 g/mol. The highest BCUT2D eigenvalue weighted by atomic mass is 16.5. The van der Waals surface area contributed by atoms with Crippen molar-refractivity contribution in [2.75, 3.05) is 0 Å². The first-order valence-corrected chi connectivity index (χ1v) is 8.32. The lowest BCUT2D eigenvalue weighted by molar-refractivity contribution is 0.0696. The summed E-state index contributed by atoms with van der Waals surface area (Å²) in [6, 6.07) is 23.2. The summed E-state index contributed by atoms with van der Waals surface area (Å²) in [7, 11) is 0. The van der Waals surface area contributed by atoms with Gasteiger partial charge in [-0.25, -0.2) is 9.78 Å². The second-order valence-electron chi connectivity index (χ2n) is 5.95. The van der Waals surface area contributed by atoms with Gasteiger partial charge in [-0.3, -0.25) is 0 Å². The number of rotatable bonds is 4. The smallest absolute Gasteiger partial charge is 0.340 e. The molecule has 1 heterocycles. The lowest BCUT2D eigenvalue weighted by Gasteiger charge is -2.11. The molecule has 4 aromatic rings. The van der Waals surface area contributed by atoms with E-state index < -0.39 is 5.97 Å². The van der Waals surface area contributed by atoms with Crippen molar-refractivity contribution in [1.82, 2.24) is 4.98 Å². The molecule has 0 atom stereocenters. The number of aromatic hydroxyl groups is 1. The summed E-state index contributed by atoms with van der Waals surface area (Å²) in [5, 5.41) is 20.5. The number of hydrogen-bond acceptors (Lipinski definition) is 4. The molecule has 1 aromatic heterocycles. The van der Waals surface area contributed by atoms with E-state index in [4.69, 9.17) is 4.74 Å². The Labute approximate surface area is 155 Å². The first-order chi connectivity index (χ1) is 13.1. The summed E-state index contributed by atoms with van der Waals surface area (Å²) >= 11 is 0. The second kappa shape index (κ2) is 6.80. The quantitative estimate of drug-likeness (QED) is 0.531. The number of para-hydroxylation sites is 2. The fraction of sp³-hybridized carbons (Fsp3) is 0. The van der Waals surface area contributed by atoms with E-state index in [9.17, 15) is 15.0 Å². The molecule has 0 spiro atoms. The maximum Gasteiger partial charge on any atom is 0.340 e. The Kier molecular flexibility index (Phi) is 4.18. The predicted molar refractivity (Wildman–Crippen MR) is 102 cm³/mol. The van der Waals surface area contributed by atoms with Crippen molar-refractivity contribution in [3.63, 3.8) is 0 Å². The average molecular weight is 357 g/mol. The standard InChI is InChI=1S/C22H15NO4/c24-21-19(22(25)26)17-8-4-5-9-18(17)23-20(21)14-10-12-16(13-11-14)27-15-6-2-1-3-7-15/h1-13,24H,(H,25,26). The number of benzene rings is 3. The van der Waals surface area contributed by atoms with Crippen molar-refractivity contribution in [2.45, 2.75) is 0 Å². The molecule has 132 valence electrons. The first-order valence-electron chi connectivity index (χ1n) is 8.32. The van der Waals surface area contributed by atoms with E-state index in [0.29, 0.717) is 28.0 Å². The van der Waals surface area contributed by atoms with Crippen LogP contribution in [-0.2, 0) is 0 Å². The van der Waals surface area contributed by atoms with Crippen LogP contribution >= 0.6 is 0 Å². The van der Waals surface area contributed by atoms with Crippen LogP contribution in [0.15, 0.2) is 78.9 Å². The van der Waals surface area contributed by atoms with Gasteiger partial charge >= 0.3 is 5.97 Å². The van der Waals surface area contributed by atoms with Gasteiger partial charge in [0.25, 0.3) is 0 Å². The molecule has 0 bridgehead atoms. The van der Waals surface area contributed by atoms with Crippen LogP contribution in [0, 0.1) is 0 Å². The van der Waals surface area contributed by atoms with Crippen molar-refractivity contribution < 1.29 is 19.7 Å². The Morgan fingerprint density at radius 2 is 1.44 bits per heavy atom. The summed E-state index contributed by atoms with van der Waals surface area (Å²) in [6.07, 6.45) is 0. The number of ether oxygens (including phenoxy) is 1. The minimum absolute atomic E-state index is 0.153. The fourth-order valence-electron chi connectivity index (χ4n) is 2.93. The molecule has 0 fully saturated rings. The second-order valence-corrected chi connectivity index (χ2v) is 5.95. The van der Waals surface area contributed by atoms with Gasteiger partial charge in [0, 0.05) is 10.9 Å². The van der Waals surface area contributed by atoms with Crippen molar-refractivity contribution in [1.29, 1.82) is 0 Å². The molecule has 0 unspecified atom stereocenters. The minimum Gasteiger partial charge on any atom is -0.505 e. The van der Waals surface area contributed by atoms with Crippen molar-refractivity contribution in [3.05, 3.63) is 84.4 Å². The fourth-order valence-corrected chi connectivity index (χ4v) is 2.93. The Bertz CT molecular complexity index is 1120. The summed E-state index contributed by atoms with van der Waals surface area (Å²) in [4.78, 5) is 16.1. The predicted octanol–water partition coefficient (Wildman–Crippen LogP) is 5.10. The molecule has 0 amide bonds. The molecule has 0 radical (unpaired) electrons. The summed E-state index contributed by atoms with van der Waals surface area (Å²) in [5.41, 5.74) is 1.17. The highest BCUT2D eigenvalue weighted by molar-refractivity contribution is 6.07. The number of carboxylic acid groups (broad SMARTS) is 1. The number of carbonyl (C=O) groups is 1. The number of carboxylic acids is 1. The van der Waals surface area contributed by atoms with Crippen LogP contribution in [0.4, 0.5) is 0 Å². The van der Waals surface area contributed by atoms with Crippen molar-refractivity contribution in [2.24, 2.45) is 0 Å². The van der Waals surface area contributed by atoms with Gasteiger partial charge in [-0.2, -0.15) is 0 Å². The molecule has 0 aliphatic heterocycles. The van der Waals surface area contributed by atoms with Crippen LogP contribution in [0.3, 0.4) is 0 Å². The summed E-state index contributed by atoms with van der Waals surface area (Å²) < 4.78 is 5.75. The minimum atomic E-state index is -1.20. The maximum atomic E-state index is 11.7. The van der Waals surface area contributed by atoms with E-state index in [2.05, 4.69) is 4.98 Å². The van der Waals surface area contributed by atoms with Crippen molar-refractivity contribution in [3.8, 4) is 28.5 Å². The van der Waals surface area contributed by atoms with Crippen LogP contribution in [0.25, 0.3) is 22.2 Å². The van der Waals surface area contributed by atoms with Crippen LogP contribution in [-0.4, -0.2) is 21.2 Å². The van der Waals surface area contributed by atoms with Crippen LogP contribution in [0.1, 0.15) is 10.4 Å². The monoisotopic (exact) mass is 357 g/mol. The Hall–Kier alpha value is -3.86. The Morgan fingerprint density at radius 3 is 2.15 bits per heavy atom. The molecule has 3 aromatic carbocycles. The van der Waals surface area contributed by atoms with Crippen LogP contribution < -0.4 is 4.74 Å². The lowest BCUT2D eigenvalue weighted by Crippen LogP contribution is -2.01. The third-order valence-electron chi connectivity index (χ3n) is 4.19. The number of hydrogen-bond donors (Lipinski definition) is 2. The molecule has 0 aliphatic carbocycles. The third-order valence-corrected chi connectivity index (χ3v) is 4.19. The van der Waals surface area contributed by atoms with Gasteiger partial charge in [-0.05, 0) is 42.5 Å². The number of aromatic nitrogens is 1. The van der Waals surface area contributed by atoms with Gasteiger partial charge in [-0.15, -0.1) is 0 Å². The van der Waals surface area contributed by atoms with Crippen molar-refractivity contribution >= 4 is 16.9 Å². The van der Waals surface area contributed by atoms with E-state index >= 15 is 0 Å². The van der Waals surface area contributed by atoms with Crippen LogP contribution in [0.5, 0.6) is 17.2 Å². The highest BCUT2D eigenvalue weighted by Crippen LogP contribution is 2.36. The average Bonchev–Trinajstić information content (AvgIpc) is 2.69. The third kappa shape index (κ3) is 3.18. The van der Waals surface area contributed by atoms with E-state index in [1.54, 1.807) is 48.5 Å². The lowest BCUT2D eigenvalue weighted by atomic mass is 10.0. The SMILES string of the molecule is O=C(O)c1c(O)c(-c2ccc(Oc3ccccc3)cc2)nc2ccccc12. The number of pyridine rings is 1. The maximum absolute atomic E-state index is 11.7. The molecule has 0 saturated carbocycles. The van der Waals surface area contributed by atoms with Gasteiger partial charge in [0.15, 0.2) is 5.75 Å². The first kappa shape index (κ1) is 16.6. The van der Waals surface area contributed by atoms with E-state index in [1.807, 2.05) is 30.3 Å². The summed E-state index contributed by atoms with van der Waals surface area (Å²) in [6.45, 7) is 0. The Morgan fingerprint density at radius 1 is 0.815 bits per heavy atom. The van der Waals surface area contributed by atoms with Gasteiger partial charge in [-0.1, -0.05) is 36.4 Å². The zero-order chi connectivity index (χ0) is 18.8. The highest BCUT2D eigenvalue weighted by Gasteiger charge is 2.20. The zero-order valence-corrected chi connectivity index (χ0v) is 14.2. The van der Waals surface area contributed by atoms with E-state index in [0.717, 1.165) is 0 Å². The molecule has 5 heteroatoms. The van der Waals surface area contributed by atoms with Crippen LogP contribution in [0.2, 0.25) is 0 Å².